The Morgan fingerprint density at radius 2 is 2.17 bits per heavy atom. The van der Waals surface area contributed by atoms with Crippen molar-refractivity contribution < 1.29 is 13.2 Å². The number of nitrogens with two attached hydrogens (primary N) is 1. The first-order valence-electron chi connectivity index (χ1n) is 5.49. The molecule has 2 rings (SSSR count). The van der Waals surface area contributed by atoms with Gasteiger partial charge in [-0.1, -0.05) is 0 Å². The Hall–Kier alpha value is -1.67. The molecule has 0 aliphatic carbocycles. The molecule has 0 bridgehead atoms. The van der Waals surface area contributed by atoms with Crippen LogP contribution in [0, 0.1) is 0 Å². The average Bonchev–Trinajstić information content (AvgIpc) is 2.54. The Labute approximate surface area is 105 Å². The van der Waals surface area contributed by atoms with Crippen molar-refractivity contribution in [3.05, 3.63) is 18.3 Å². The van der Waals surface area contributed by atoms with Gasteiger partial charge in [-0.15, -0.1) is 0 Å². The van der Waals surface area contributed by atoms with E-state index in [2.05, 4.69) is 10.3 Å². The molecule has 3 N–H and O–H groups in total. The van der Waals surface area contributed by atoms with Crippen molar-refractivity contribution in [2.45, 2.75) is 11.4 Å². The highest BCUT2D eigenvalue weighted by molar-refractivity contribution is 7.89. The summed E-state index contributed by atoms with van der Waals surface area (Å²) in [6.07, 6.45) is 1.52. The second-order valence-corrected chi connectivity index (χ2v) is 5.76. The van der Waals surface area contributed by atoms with Gasteiger partial charge in [-0.3, -0.25) is 4.79 Å². The number of hydrogen-bond acceptors (Lipinski definition) is 5. The van der Waals surface area contributed by atoms with Crippen molar-refractivity contribution in [2.75, 3.05) is 25.4 Å². The quantitative estimate of drug-likeness (QED) is 0.730. The fourth-order valence-electron chi connectivity index (χ4n) is 1.73. The Morgan fingerprint density at radius 1 is 1.39 bits per heavy atom. The van der Waals surface area contributed by atoms with Gasteiger partial charge in [0, 0.05) is 32.3 Å². The van der Waals surface area contributed by atoms with Crippen molar-refractivity contribution in [1.29, 1.82) is 0 Å². The molecule has 0 spiro atoms. The van der Waals surface area contributed by atoms with Crippen LogP contribution in [0.2, 0.25) is 0 Å². The first kappa shape index (κ1) is 12.8. The number of amides is 1. The Bertz CT molecular complexity index is 558. The van der Waals surface area contributed by atoms with Crippen LogP contribution in [0.5, 0.6) is 0 Å². The smallest absolute Gasteiger partial charge is 0.262 e. The van der Waals surface area contributed by atoms with Crippen molar-refractivity contribution in [3.63, 3.8) is 0 Å². The molecule has 1 aromatic rings. The topological polar surface area (TPSA) is 105 Å². The average molecular weight is 270 g/mol. The molecule has 0 radical (unpaired) electrons. The summed E-state index contributed by atoms with van der Waals surface area (Å²) in [5, 5.41) is 2.46. The normalized spacial score (nSPS) is 18.1. The molecule has 7 nitrogen and oxygen atoms in total. The van der Waals surface area contributed by atoms with E-state index >= 15 is 0 Å². The molecule has 0 atom stereocenters. The van der Waals surface area contributed by atoms with Crippen LogP contribution >= 0.6 is 0 Å². The van der Waals surface area contributed by atoms with Gasteiger partial charge in [-0.25, -0.2) is 13.4 Å². The summed E-state index contributed by atoms with van der Waals surface area (Å²) in [7, 11) is -3.73. The van der Waals surface area contributed by atoms with Crippen molar-refractivity contribution in [2.24, 2.45) is 0 Å². The number of rotatable bonds is 2. The zero-order chi connectivity index (χ0) is 13.2. The molecule has 1 amide bonds. The summed E-state index contributed by atoms with van der Waals surface area (Å²) in [5.74, 6) is -0.151. The number of nitrogens with one attached hydrogen (secondary N) is 1. The van der Waals surface area contributed by atoms with Crippen LogP contribution in [0.3, 0.4) is 0 Å². The number of nitrogens with zero attached hydrogens (tertiary/aromatic N) is 2. The Morgan fingerprint density at radius 3 is 2.89 bits per heavy atom. The van der Waals surface area contributed by atoms with Crippen molar-refractivity contribution >= 4 is 21.6 Å². The highest BCUT2D eigenvalue weighted by Crippen LogP contribution is 2.19. The number of sulfonamides is 1. The first-order valence-corrected chi connectivity index (χ1v) is 6.93. The molecule has 1 saturated heterocycles. The SMILES string of the molecule is Nc1cccnc1S(=O)(=O)N1CCNC(=O)CC1. The lowest BCUT2D eigenvalue weighted by molar-refractivity contribution is -0.120. The number of carbonyl (C=O) groups is 1. The Balaban J connectivity index is 2.31. The summed E-state index contributed by atoms with van der Waals surface area (Å²) < 4.78 is 25.8. The van der Waals surface area contributed by atoms with Crippen LogP contribution < -0.4 is 11.1 Å². The molecule has 2 heterocycles. The van der Waals surface area contributed by atoms with Crippen LogP contribution in [-0.4, -0.2) is 43.2 Å². The molecule has 8 heteroatoms. The van der Waals surface area contributed by atoms with Crippen molar-refractivity contribution in [1.82, 2.24) is 14.6 Å². The third kappa shape index (κ3) is 2.44. The number of nitrogen functional groups attached to an aromatic ring is 1. The second-order valence-electron chi connectivity index (χ2n) is 3.90. The van der Waals surface area contributed by atoms with Crippen LogP contribution in [0.15, 0.2) is 23.4 Å². The largest absolute Gasteiger partial charge is 0.396 e. The van der Waals surface area contributed by atoms with E-state index in [1.54, 1.807) is 6.07 Å². The standard InChI is InChI=1S/C10H14N4O3S/c11-8-2-1-4-13-10(8)18(16,17)14-6-3-9(15)12-5-7-14/h1-2,4H,3,5-7,11H2,(H,12,15). The van der Waals surface area contributed by atoms with Gasteiger partial charge in [0.15, 0.2) is 5.03 Å². The maximum absolute atomic E-state index is 12.3. The zero-order valence-electron chi connectivity index (χ0n) is 9.67. The van der Waals surface area contributed by atoms with E-state index in [0.29, 0.717) is 6.54 Å². The van der Waals surface area contributed by atoms with Crippen LogP contribution in [0.4, 0.5) is 5.69 Å². The third-order valence-corrected chi connectivity index (χ3v) is 4.53. The molecule has 0 saturated carbocycles. The molecular weight excluding hydrogens is 256 g/mol. The molecule has 0 aromatic carbocycles. The van der Waals surface area contributed by atoms with Gasteiger partial charge in [0.1, 0.15) is 0 Å². The maximum atomic E-state index is 12.3. The first-order chi connectivity index (χ1) is 8.51. The van der Waals surface area contributed by atoms with Crippen LogP contribution in [0.1, 0.15) is 6.42 Å². The van der Waals surface area contributed by atoms with E-state index in [-0.39, 0.29) is 36.1 Å². The highest BCUT2D eigenvalue weighted by Gasteiger charge is 2.29. The maximum Gasteiger partial charge on any atom is 0.262 e. The lowest BCUT2D eigenvalue weighted by atomic mass is 10.4. The monoisotopic (exact) mass is 270 g/mol. The minimum atomic E-state index is -3.73. The zero-order valence-corrected chi connectivity index (χ0v) is 10.5. The van der Waals surface area contributed by atoms with Gasteiger partial charge in [0.25, 0.3) is 10.0 Å². The Kier molecular flexibility index (Phi) is 3.48. The van der Waals surface area contributed by atoms with E-state index in [0.717, 1.165) is 0 Å². The summed E-state index contributed by atoms with van der Waals surface area (Å²) in [6.45, 7) is 0.666. The minimum absolute atomic E-state index is 0.112. The fraction of sp³-hybridized carbons (Fsp3) is 0.400. The van der Waals surface area contributed by atoms with Gasteiger partial charge >= 0.3 is 0 Å². The number of pyridine rings is 1. The van der Waals surface area contributed by atoms with E-state index in [4.69, 9.17) is 5.73 Å². The summed E-state index contributed by atoms with van der Waals surface area (Å²) in [6, 6.07) is 3.06. The molecule has 1 aromatic heterocycles. The second kappa shape index (κ2) is 4.91. The predicted molar refractivity (Wildman–Crippen MR) is 65.0 cm³/mol. The summed E-state index contributed by atoms with van der Waals surface area (Å²) in [4.78, 5) is 15.0. The molecule has 98 valence electrons. The van der Waals surface area contributed by atoms with E-state index in [9.17, 15) is 13.2 Å². The van der Waals surface area contributed by atoms with Gasteiger partial charge in [-0.2, -0.15) is 4.31 Å². The molecule has 1 aliphatic heterocycles. The minimum Gasteiger partial charge on any atom is -0.396 e. The lowest BCUT2D eigenvalue weighted by Crippen LogP contribution is -2.35. The van der Waals surface area contributed by atoms with Crippen LogP contribution in [0.25, 0.3) is 0 Å². The number of aromatic nitrogens is 1. The van der Waals surface area contributed by atoms with Crippen molar-refractivity contribution in [3.8, 4) is 0 Å². The van der Waals surface area contributed by atoms with E-state index in [1.807, 2.05) is 0 Å². The molecular formula is C10H14N4O3S. The third-order valence-electron chi connectivity index (χ3n) is 2.66. The molecule has 0 unspecified atom stereocenters. The summed E-state index contributed by atoms with van der Waals surface area (Å²) >= 11 is 0. The summed E-state index contributed by atoms with van der Waals surface area (Å²) in [5.41, 5.74) is 5.74. The molecule has 1 fully saturated rings. The van der Waals surface area contributed by atoms with Gasteiger partial charge < -0.3 is 11.1 Å². The van der Waals surface area contributed by atoms with Gasteiger partial charge in [-0.05, 0) is 12.1 Å². The number of hydrogen-bond donors (Lipinski definition) is 2. The number of carbonyl (C=O) groups excluding carboxylic acids is 1. The van der Waals surface area contributed by atoms with Gasteiger partial charge in [0.05, 0.1) is 5.69 Å². The van der Waals surface area contributed by atoms with Gasteiger partial charge in [0.2, 0.25) is 5.91 Å². The molecule has 18 heavy (non-hydrogen) atoms. The lowest BCUT2D eigenvalue weighted by Gasteiger charge is -2.19. The van der Waals surface area contributed by atoms with E-state index in [1.165, 1.54) is 16.6 Å². The predicted octanol–water partition coefficient (Wildman–Crippen LogP) is -0.826. The molecule has 1 aliphatic rings. The van der Waals surface area contributed by atoms with E-state index < -0.39 is 10.0 Å². The van der Waals surface area contributed by atoms with Crippen LogP contribution in [-0.2, 0) is 14.8 Å². The fourth-order valence-corrected chi connectivity index (χ4v) is 3.20. The highest BCUT2D eigenvalue weighted by atomic mass is 32.2. The number of anilines is 1.